The number of nitrogens with zero attached hydrogens (tertiary/aromatic N) is 2. The summed E-state index contributed by atoms with van der Waals surface area (Å²) >= 11 is 2.06. The molecule has 0 aromatic carbocycles. The Kier molecular flexibility index (Phi) is 5.20. The van der Waals surface area contributed by atoms with Crippen LogP contribution in [0.2, 0.25) is 0 Å². The predicted octanol–water partition coefficient (Wildman–Crippen LogP) is 1.93. The van der Waals surface area contributed by atoms with Gasteiger partial charge >= 0.3 is 0 Å². The summed E-state index contributed by atoms with van der Waals surface area (Å²) in [6.07, 6.45) is 1.57. The highest BCUT2D eigenvalue weighted by Gasteiger charge is 2.01. The van der Waals surface area contributed by atoms with Gasteiger partial charge in [0.2, 0.25) is 0 Å². The summed E-state index contributed by atoms with van der Waals surface area (Å²) in [6.45, 7) is 3.45. The maximum absolute atomic E-state index is 8.14. The molecule has 2 nitrogen and oxygen atoms in total. The van der Waals surface area contributed by atoms with Crippen LogP contribution in [0.25, 0.3) is 0 Å². The van der Waals surface area contributed by atoms with Gasteiger partial charge in [0.05, 0.1) is 4.58 Å². The topological polar surface area (TPSA) is 47.6 Å². The molecule has 0 fully saturated rings. The van der Waals surface area contributed by atoms with Gasteiger partial charge in [0.1, 0.15) is 10.8 Å². The van der Waals surface area contributed by atoms with Crippen molar-refractivity contribution in [1.82, 2.24) is 0 Å². The Labute approximate surface area is 62.5 Å². The van der Waals surface area contributed by atoms with Crippen molar-refractivity contribution in [3.63, 3.8) is 0 Å². The first kappa shape index (κ1) is 8.42. The Bertz CT molecular complexity index is 149. The van der Waals surface area contributed by atoms with Gasteiger partial charge in [-0.25, -0.2) is 0 Å². The van der Waals surface area contributed by atoms with Crippen LogP contribution >= 0.6 is 23.5 Å². The maximum atomic E-state index is 8.14. The molecule has 0 amide bonds. The summed E-state index contributed by atoms with van der Waals surface area (Å²) < 4.78 is -0.111. The minimum Gasteiger partial charge on any atom is -0.185 e. The smallest absolute Gasteiger partial charge is 0.134 e. The lowest BCUT2D eigenvalue weighted by molar-refractivity contribution is 1.56. The van der Waals surface area contributed by atoms with E-state index in [4.69, 9.17) is 10.5 Å². The van der Waals surface area contributed by atoms with E-state index in [1.54, 1.807) is 6.08 Å². The highest BCUT2D eigenvalue weighted by molar-refractivity contribution is 8.21. The van der Waals surface area contributed by atoms with Crippen molar-refractivity contribution in [3.05, 3.63) is 12.7 Å². The molecule has 0 saturated heterocycles. The lowest BCUT2D eigenvalue weighted by Crippen LogP contribution is -1.84. The van der Waals surface area contributed by atoms with Crippen LogP contribution in [0, 0.1) is 21.3 Å². The molecule has 0 unspecified atom stereocenters. The number of hydrogen-bond acceptors (Lipinski definition) is 4. The molecule has 0 saturated carbocycles. The monoisotopic (exact) mass is 156 g/mol. The van der Waals surface area contributed by atoms with Gasteiger partial charge in [-0.05, 0) is 23.5 Å². The second-order valence-electron chi connectivity index (χ2n) is 1.02. The molecule has 0 heterocycles. The van der Waals surface area contributed by atoms with E-state index >= 15 is 0 Å². The van der Waals surface area contributed by atoms with Crippen LogP contribution < -0.4 is 0 Å². The van der Waals surface area contributed by atoms with Crippen molar-refractivity contribution in [2.45, 2.75) is 4.58 Å². The Hall–Kier alpha value is -0.580. The molecule has 0 N–H and O–H groups in total. The van der Waals surface area contributed by atoms with Gasteiger partial charge in [-0.2, -0.15) is 10.5 Å². The fourth-order valence-corrected chi connectivity index (χ4v) is 1.08. The van der Waals surface area contributed by atoms with Crippen molar-refractivity contribution in [2.24, 2.45) is 0 Å². The van der Waals surface area contributed by atoms with Gasteiger partial charge in [-0.3, -0.25) is 0 Å². The normalized spacial score (nSPS) is 7.89. The molecule has 0 rings (SSSR count). The molecule has 0 radical (unpaired) electrons. The first-order valence-electron chi connectivity index (χ1n) is 2.07. The van der Waals surface area contributed by atoms with Gasteiger partial charge in [-0.15, -0.1) is 6.58 Å². The van der Waals surface area contributed by atoms with Crippen molar-refractivity contribution >= 4 is 23.5 Å². The molecule has 9 heavy (non-hydrogen) atoms. The van der Waals surface area contributed by atoms with Gasteiger partial charge < -0.3 is 0 Å². The first-order valence-corrected chi connectivity index (χ1v) is 3.83. The molecule has 0 aliphatic rings. The molecular formula is C5H4N2S2. The minimum atomic E-state index is -0.111. The van der Waals surface area contributed by atoms with E-state index in [1.807, 2.05) is 10.8 Å². The molecule has 0 atom stereocenters. The minimum absolute atomic E-state index is 0.111. The number of hydrogen-bond donors (Lipinski definition) is 0. The molecule has 0 bridgehead atoms. The fourth-order valence-electron chi connectivity index (χ4n) is 0.224. The van der Waals surface area contributed by atoms with Crippen LogP contribution in [0.3, 0.4) is 0 Å². The van der Waals surface area contributed by atoms with Gasteiger partial charge in [0, 0.05) is 0 Å². The van der Waals surface area contributed by atoms with Crippen LogP contribution in [0.5, 0.6) is 0 Å². The lowest BCUT2D eigenvalue weighted by Gasteiger charge is -1.95. The van der Waals surface area contributed by atoms with Gasteiger partial charge in [0.15, 0.2) is 0 Å². The van der Waals surface area contributed by atoms with Crippen molar-refractivity contribution in [2.75, 3.05) is 0 Å². The predicted molar refractivity (Wildman–Crippen MR) is 40.4 cm³/mol. The standard InChI is InChI=1S/C5H4N2S2/c1-2-5(8-3-6)9-4-7/h2,5H,1H2. The fraction of sp³-hybridized carbons (Fsp3) is 0.200. The Morgan fingerprint density at radius 1 is 1.33 bits per heavy atom. The van der Waals surface area contributed by atoms with E-state index in [2.05, 4.69) is 6.58 Å². The Morgan fingerprint density at radius 3 is 2.00 bits per heavy atom. The van der Waals surface area contributed by atoms with Crippen LogP contribution in [0.4, 0.5) is 0 Å². The van der Waals surface area contributed by atoms with E-state index in [9.17, 15) is 0 Å². The summed E-state index contributed by atoms with van der Waals surface area (Å²) in [5.74, 6) is 0. The zero-order valence-corrected chi connectivity index (χ0v) is 6.21. The van der Waals surface area contributed by atoms with E-state index in [0.717, 1.165) is 23.5 Å². The number of thiocyanates is 2. The Morgan fingerprint density at radius 2 is 1.78 bits per heavy atom. The summed E-state index contributed by atoms with van der Waals surface area (Å²) in [4.78, 5) is 0. The molecule has 4 heteroatoms. The van der Waals surface area contributed by atoms with E-state index < -0.39 is 0 Å². The molecular weight excluding hydrogens is 152 g/mol. The molecule has 0 aromatic heterocycles. The number of thioether (sulfide) groups is 2. The van der Waals surface area contributed by atoms with Gasteiger partial charge in [0.25, 0.3) is 0 Å². The zero-order valence-electron chi connectivity index (χ0n) is 4.57. The molecule has 0 aliphatic carbocycles. The molecule has 0 aliphatic heterocycles. The zero-order chi connectivity index (χ0) is 7.11. The average Bonchev–Trinajstić information content (AvgIpc) is 1.88. The van der Waals surface area contributed by atoms with Crippen molar-refractivity contribution in [1.29, 1.82) is 10.5 Å². The van der Waals surface area contributed by atoms with Crippen molar-refractivity contribution in [3.8, 4) is 10.8 Å². The number of rotatable bonds is 3. The van der Waals surface area contributed by atoms with Crippen LogP contribution in [0.15, 0.2) is 12.7 Å². The SMILES string of the molecule is C=CC(SC#N)SC#N. The van der Waals surface area contributed by atoms with E-state index in [-0.39, 0.29) is 4.58 Å². The molecule has 0 aromatic rings. The van der Waals surface area contributed by atoms with Crippen LogP contribution in [-0.4, -0.2) is 4.58 Å². The second kappa shape index (κ2) is 5.55. The summed E-state index contributed by atoms with van der Waals surface area (Å²) in [7, 11) is 0. The highest BCUT2D eigenvalue weighted by atomic mass is 32.2. The van der Waals surface area contributed by atoms with Crippen LogP contribution in [0.1, 0.15) is 0 Å². The third kappa shape index (κ3) is 3.96. The largest absolute Gasteiger partial charge is 0.185 e. The number of nitriles is 2. The van der Waals surface area contributed by atoms with E-state index in [0.29, 0.717) is 0 Å². The summed E-state index contributed by atoms with van der Waals surface area (Å²) in [6, 6.07) is 0. The second-order valence-corrected chi connectivity index (χ2v) is 3.17. The summed E-state index contributed by atoms with van der Waals surface area (Å²) in [5, 5.41) is 20.0. The average molecular weight is 156 g/mol. The summed E-state index contributed by atoms with van der Waals surface area (Å²) in [5.41, 5.74) is 0. The Balaban J connectivity index is 3.60. The molecule has 0 spiro atoms. The van der Waals surface area contributed by atoms with E-state index in [1.165, 1.54) is 0 Å². The quantitative estimate of drug-likeness (QED) is 0.356. The third-order valence-corrected chi connectivity index (χ3v) is 2.17. The lowest BCUT2D eigenvalue weighted by atomic mass is 10.8. The third-order valence-electron chi connectivity index (χ3n) is 0.530. The molecule has 46 valence electrons. The van der Waals surface area contributed by atoms with Gasteiger partial charge in [-0.1, -0.05) is 6.08 Å². The maximum Gasteiger partial charge on any atom is 0.134 e. The van der Waals surface area contributed by atoms with Crippen LogP contribution in [-0.2, 0) is 0 Å². The van der Waals surface area contributed by atoms with Crippen molar-refractivity contribution < 1.29 is 0 Å². The first-order chi connectivity index (χ1) is 4.35. The highest BCUT2D eigenvalue weighted by Crippen LogP contribution is 2.21.